The Balaban J connectivity index is 2.20. The van der Waals surface area contributed by atoms with Gasteiger partial charge < -0.3 is 5.11 Å². The molecule has 0 radical (unpaired) electrons. The second-order valence-corrected chi connectivity index (χ2v) is 4.96. The highest BCUT2D eigenvalue weighted by Crippen LogP contribution is 2.35. The Kier molecular flexibility index (Phi) is 2.16. The van der Waals surface area contributed by atoms with Crippen molar-refractivity contribution in [2.45, 2.75) is 18.9 Å². The van der Waals surface area contributed by atoms with Gasteiger partial charge in [0, 0.05) is 28.7 Å². The van der Waals surface area contributed by atoms with Gasteiger partial charge in [0.25, 0.3) is 0 Å². The van der Waals surface area contributed by atoms with Crippen molar-refractivity contribution < 1.29 is 14.7 Å². The average Bonchev–Trinajstić information content (AvgIpc) is 2.35. The van der Waals surface area contributed by atoms with Crippen LogP contribution in [0.25, 0.3) is 0 Å². The maximum absolute atomic E-state index is 12.3. The minimum absolute atomic E-state index is 0.132. The molecule has 0 saturated heterocycles. The fourth-order valence-corrected chi connectivity index (χ4v) is 2.48. The highest BCUT2D eigenvalue weighted by Gasteiger charge is 2.36. The molecule has 2 aliphatic carbocycles. The third-order valence-corrected chi connectivity index (χ3v) is 3.40. The molecule has 0 fully saturated rings. The zero-order chi connectivity index (χ0) is 12.9. The molecule has 0 aromatic heterocycles. The van der Waals surface area contributed by atoms with E-state index in [1.165, 1.54) is 0 Å². The van der Waals surface area contributed by atoms with Gasteiger partial charge >= 0.3 is 0 Å². The first-order chi connectivity index (χ1) is 8.49. The molecular weight excluding hydrogens is 228 g/mol. The summed E-state index contributed by atoms with van der Waals surface area (Å²) in [7, 11) is 0. The molecule has 0 saturated carbocycles. The van der Waals surface area contributed by atoms with Gasteiger partial charge in [-0.25, -0.2) is 0 Å². The number of carbonyl (C=O) groups is 2. The lowest BCUT2D eigenvalue weighted by Gasteiger charge is -2.28. The third-order valence-electron chi connectivity index (χ3n) is 3.40. The summed E-state index contributed by atoms with van der Waals surface area (Å²) >= 11 is 0. The molecule has 1 atom stereocenters. The zero-order valence-corrected chi connectivity index (χ0v) is 9.93. The number of aliphatic hydroxyl groups is 1. The Hall–Kier alpha value is -2.00. The number of hydrogen-bond acceptors (Lipinski definition) is 3. The average molecular weight is 240 g/mol. The number of hydrogen-bond donors (Lipinski definition) is 1. The van der Waals surface area contributed by atoms with Crippen molar-refractivity contribution in [3.63, 3.8) is 0 Å². The predicted octanol–water partition coefficient (Wildman–Crippen LogP) is 2.07. The van der Waals surface area contributed by atoms with Gasteiger partial charge in [0.05, 0.1) is 5.60 Å². The van der Waals surface area contributed by atoms with E-state index >= 15 is 0 Å². The lowest BCUT2D eigenvalue weighted by Crippen LogP contribution is -2.31. The van der Waals surface area contributed by atoms with Crippen LogP contribution in [0.3, 0.4) is 0 Å². The van der Waals surface area contributed by atoms with Crippen molar-refractivity contribution >= 4 is 11.6 Å². The first-order valence-corrected chi connectivity index (χ1v) is 5.83. The fourth-order valence-electron chi connectivity index (χ4n) is 2.48. The summed E-state index contributed by atoms with van der Waals surface area (Å²) in [5.41, 5.74) is 0.678. The normalized spacial score (nSPS) is 26.1. The molecule has 1 unspecified atom stereocenters. The van der Waals surface area contributed by atoms with Crippen LogP contribution in [0.15, 0.2) is 47.6 Å². The largest absolute Gasteiger partial charge is 0.386 e. The molecule has 3 nitrogen and oxygen atoms in total. The Morgan fingerprint density at radius 3 is 2.39 bits per heavy atom. The molecule has 90 valence electrons. The van der Waals surface area contributed by atoms with E-state index in [1.807, 2.05) is 0 Å². The maximum atomic E-state index is 12.3. The number of benzene rings is 1. The minimum atomic E-state index is -1.05. The molecule has 0 heterocycles. The lowest BCUT2D eigenvalue weighted by atomic mass is 9.76. The van der Waals surface area contributed by atoms with E-state index < -0.39 is 5.60 Å². The molecule has 0 spiro atoms. The molecule has 0 amide bonds. The fraction of sp³-hybridized carbons (Fsp3) is 0.200. The van der Waals surface area contributed by atoms with Crippen molar-refractivity contribution in [2.75, 3.05) is 0 Å². The van der Waals surface area contributed by atoms with Crippen LogP contribution in [0, 0.1) is 0 Å². The van der Waals surface area contributed by atoms with Crippen molar-refractivity contribution in [2.24, 2.45) is 0 Å². The van der Waals surface area contributed by atoms with Crippen LogP contribution in [-0.2, 0) is 0 Å². The molecule has 18 heavy (non-hydrogen) atoms. The summed E-state index contributed by atoms with van der Waals surface area (Å²) in [5.74, 6) is -0.281. The quantitative estimate of drug-likeness (QED) is 0.755. The Labute approximate surface area is 104 Å². The van der Waals surface area contributed by atoms with E-state index in [1.54, 1.807) is 43.3 Å². The molecule has 3 heteroatoms. The van der Waals surface area contributed by atoms with Crippen LogP contribution >= 0.6 is 0 Å². The van der Waals surface area contributed by atoms with Gasteiger partial charge in [-0.05, 0) is 6.92 Å². The minimum Gasteiger partial charge on any atom is -0.386 e. The number of carbonyl (C=O) groups excluding carboxylic acids is 2. The molecule has 2 aliphatic rings. The monoisotopic (exact) mass is 240 g/mol. The van der Waals surface area contributed by atoms with Gasteiger partial charge in [-0.15, -0.1) is 0 Å². The van der Waals surface area contributed by atoms with Crippen LogP contribution in [0.5, 0.6) is 0 Å². The molecule has 0 bridgehead atoms. The van der Waals surface area contributed by atoms with Gasteiger partial charge in [-0.2, -0.15) is 0 Å². The van der Waals surface area contributed by atoms with Crippen LogP contribution in [0.2, 0.25) is 0 Å². The van der Waals surface area contributed by atoms with E-state index in [9.17, 15) is 14.7 Å². The SMILES string of the molecule is CC1(O)C=CC2=C(C1)C(=O)c1ccccc1C2=O. The summed E-state index contributed by atoms with van der Waals surface area (Å²) < 4.78 is 0. The standard InChI is InChI=1S/C15H12O3/c1-15(18)7-6-11-12(8-15)14(17)10-5-3-2-4-9(10)13(11)16/h2-7,18H,8H2,1H3. The predicted molar refractivity (Wildman–Crippen MR) is 66.5 cm³/mol. The zero-order valence-electron chi connectivity index (χ0n) is 9.93. The van der Waals surface area contributed by atoms with Gasteiger partial charge in [0.15, 0.2) is 11.6 Å². The Morgan fingerprint density at radius 2 is 1.72 bits per heavy atom. The van der Waals surface area contributed by atoms with Crippen molar-refractivity contribution in [3.05, 3.63) is 58.7 Å². The van der Waals surface area contributed by atoms with Crippen LogP contribution in [0.1, 0.15) is 34.1 Å². The van der Waals surface area contributed by atoms with E-state index in [4.69, 9.17) is 0 Å². The summed E-state index contributed by atoms with van der Waals surface area (Å²) in [4.78, 5) is 24.6. The summed E-state index contributed by atoms with van der Waals surface area (Å²) in [5, 5.41) is 9.98. The number of fused-ring (bicyclic) bond motifs is 1. The van der Waals surface area contributed by atoms with Crippen molar-refractivity contribution in [3.8, 4) is 0 Å². The molecular formula is C15H12O3. The van der Waals surface area contributed by atoms with E-state index in [2.05, 4.69) is 0 Å². The molecule has 1 aromatic carbocycles. The number of rotatable bonds is 0. The highest BCUT2D eigenvalue weighted by atomic mass is 16.3. The van der Waals surface area contributed by atoms with E-state index in [0.29, 0.717) is 22.3 Å². The van der Waals surface area contributed by atoms with Gasteiger partial charge in [-0.3, -0.25) is 9.59 Å². The van der Waals surface area contributed by atoms with Crippen LogP contribution in [-0.4, -0.2) is 22.3 Å². The second kappa shape index (κ2) is 3.50. The Bertz CT molecular complexity index is 633. The molecule has 0 aliphatic heterocycles. The third kappa shape index (κ3) is 1.48. The first-order valence-electron chi connectivity index (χ1n) is 5.83. The molecule has 3 rings (SSSR count). The van der Waals surface area contributed by atoms with E-state index in [0.717, 1.165) is 0 Å². The summed E-state index contributed by atoms with van der Waals surface area (Å²) in [6, 6.07) is 6.82. The van der Waals surface area contributed by atoms with Crippen molar-refractivity contribution in [1.82, 2.24) is 0 Å². The maximum Gasteiger partial charge on any atom is 0.194 e. The smallest absolute Gasteiger partial charge is 0.194 e. The van der Waals surface area contributed by atoms with Crippen molar-refractivity contribution in [1.29, 1.82) is 0 Å². The number of Topliss-reactive ketones (excluding diaryl/α,β-unsaturated/α-hetero) is 2. The van der Waals surface area contributed by atoms with Crippen LogP contribution in [0.4, 0.5) is 0 Å². The highest BCUT2D eigenvalue weighted by molar-refractivity contribution is 6.28. The lowest BCUT2D eigenvalue weighted by molar-refractivity contribution is 0.0892. The van der Waals surface area contributed by atoms with E-state index in [-0.39, 0.29) is 18.0 Å². The number of allylic oxidation sites excluding steroid dienone is 2. The second-order valence-electron chi connectivity index (χ2n) is 4.96. The Morgan fingerprint density at radius 1 is 1.11 bits per heavy atom. The molecule has 1 aromatic rings. The number of ketones is 2. The van der Waals surface area contributed by atoms with Gasteiger partial charge in [-0.1, -0.05) is 36.4 Å². The van der Waals surface area contributed by atoms with Gasteiger partial charge in [0.1, 0.15) is 0 Å². The van der Waals surface area contributed by atoms with Gasteiger partial charge in [0.2, 0.25) is 0 Å². The summed E-state index contributed by atoms with van der Waals surface area (Å²) in [6.07, 6.45) is 3.33. The summed E-state index contributed by atoms with van der Waals surface area (Å²) in [6.45, 7) is 1.63. The topological polar surface area (TPSA) is 54.4 Å². The molecule has 1 N–H and O–H groups in total. The first kappa shape index (κ1) is 11.1. The van der Waals surface area contributed by atoms with Crippen LogP contribution < -0.4 is 0 Å².